The molecule has 3 nitrogen and oxygen atoms in total. The fourth-order valence-corrected chi connectivity index (χ4v) is 0.595. The van der Waals surface area contributed by atoms with Gasteiger partial charge < -0.3 is 5.11 Å². The maximum absolute atomic E-state index is 11.7. The van der Waals surface area contributed by atoms with E-state index in [1.165, 1.54) is 0 Å². The highest BCUT2D eigenvalue weighted by atomic mass is 19.4. The number of alkyl halides is 3. The minimum atomic E-state index is -4.63. The van der Waals surface area contributed by atoms with Crippen LogP contribution in [0.5, 0.6) is 0 Å². The van der Waals surface area contributed by atoms with Gasteiger partial charge in [-0.25, -0.2) is 0 Å². The molecule has 0 fully saturated rings. The van der Waals surface area contributed by atoms with Crippen LogP contribution in [-0.4, -0.2) is 21.5 Å². The minimum absolute atomic E-state index is 0.350. The average Bonchev–Trinajstić information content (AvgIpc) is 2.34. The molecule has 11 heavy (non-hydrogen) atoms. The van der Waals surface area contributed by atoms with Crippen molar-refractivity contribution in [1.29, 1.82) is 0 Å². The third-order valence-electron chi connectivity index (χ3n) is 1.13. The molecule has 0 bridgehead atoms. The van der Waals surface area contributed by atoms with E-state index >= 15 is 0 Å². The lowest BCUT2D eigenvalue weighted by Gasteiger charge is -2.11. The molecule has 0 saturated carbocycles. The van der Waals surface area contributed by atoms with E-state index in [4.69, 9.17) is 5.11 Å². The predicted molar refractivity (Wildman–Crippen MR) is 29.6 cm³/mol. The normalized spacial score (nSPS) is 14.9. The number of rotatable bonds is 1. The summed E-state index contributed by atoms with van der Waals surface area (Å²) in [7, 11) is 0. The molecule has 0 aliphatic rings. The summed E-state index contributed by atoms with van der Waals surface area (Å²) in [4.78, 5) is 0. The Kier molecular flexibility index (Phi) is 1.86. The summed E-state index contributed by atoms with van der Waals surface area (Å²) in [6.45, 7) is 0. The van der Waals surface area contributed by atoms with Crippen molar-refractivity contribution in [3.63, 3.8) is 0 Å². The molecule has 0 aliphatic heterocycles. The number of hydrogen-bond donors (Lipinski definition) is 2. The molecular formula is C5H5F3N2O. The van der Waals surface area contributed by atoms with Crippen LogP contribution in [-0.2, 0) is 0 Å². The topological polar surface area (TPSA) is 48.9 Å². The number of aliphatic hydroxyl groups is 1. The van der Waals surface area contributed by atoms with E-state index in [-0.39, 0.29) is 5.69 Å². The molecule has 1 heterocycles. The summed E-state index contributed by atoms with van der Waals surface area (Å²) in [5.74, 6) is 0. The van der Waals surface area contributed by atoms with Crippen LogP contribution in [0.15, 0.2) is 12.3 Å². The number of nitrogens with one attached hydrogen (secondary N) is 1. The minimum Gasteiger partial charge on any atom is -0.378 e. The van der Waals surface area contributed by atoms with E-state index in [0.717, 1.165) is 12.3 Å². The molecule has 0 unspecified atom stereocenters. The van der Waals surface area contributed by atoms with Crippen LogP contribution >= 0.6 is 0 Å². The van der Waals surface area contributed by atoms with Crippen molar-refractivity contribution in [2.75, 3.05) is 0 Å². The summed E-state index contributed by atoms with van der Waals surface area (Å²) in [5, 5.41) is 13.8. The van der Waals surface area contributed by atoms with Crippen LogP contribution in [0.4, 0.5) is 13.2 Å². The maximum Gasteiger partial charge on any atom is 0.420 e. The van der Waals surface area contributed by atoms with Gasteiger partial charge in [-0.15, -0.1) is 0 Å². The number of H-pyrrole nitrogens is 1. The Hall–Kier alpha value is -1.04. The van der Waals surface area contributed by atoms with Gasteiger partial charge in [0.15, 0.2) is 6.10 Å². The lowest BCUT2D eigenvalue weighted by atomic mass is 10.2. The van der Waals surface area contributed by atoms with Gasteiger partial charge in [0.1, 0.15) is 0 Å². The van der Waals surface area contributed by atoms with E-state index in [1.54, 1.807) is 0 Å². The second-order valence-corrected chi connectivity index (χ2v) is 1.96. The van der Waals surface area contributed by atoms with Gasteiger partial charge in [0.25, 0.3) is 0 Å². The Bertz CT molecular complexity index is 218. The largest absolute Gasteiger partial charge is 0.420 e. The van der Waals surface area contributed by atoms with Crippen molar-refractivity contribution < 1.29 is 18.3 Å². The average molecular weight is 166 g/mol. The standard InChI is InChI=1S/C5H5F3N2O/c6-5(7,8)4(11)3-1-2-9-10-3/h1-2,4,11H,(H,9,10)/t4-/m1/s1. The van der Waals surface area contributed by atoms with Crippen LogP contribution in [0.25, 0.3) is 0 Å². The third kappa shape index (κ3) is 1.70. The fourth-order valence-electron chi connectivity index (χ4n) is 0.595. The SMILES string of the molecule is O[C@H](c1ccn[nH]1)C(F)(F)F. The van der Waals surface area contributed by atoms with Gasteiger partial charge in [0.05, 0.1) is 5.69 Å². The highest BCUT2D eigenvalue weighted by Gasteiger charge is 2.40. The van der Waals surface area contributed by atoms with Crippen LogP contribution in [0.1, 0.15) is 11.8 Å². The summed E-state index contributed by atoms with van der Waals surface area (Å²) in [6, 6.07) is 1.07. The monoisotopic (exact) mass is 166 g/mol. The highest BCUT2D eigenvalue weighted by Crippen LogP contribution is 2.30. The summed E-state index contributed by atoms with van der Waals surface area (Å²) in [6.07, 6.45) is -5.96. The zero-order valence-corrected chi connectivity index (χ0v) is 5.26. The van der Waals surface area contributed by atoms with Crippen molar-refractivity contribution in [2.24, 2.45) is 0 Å². The van der Waals surface area contributed by atoms with Crippen LogP contribution in [0.3, 0.4) is 0 Å². The van der Waals surface area contributed by atoms with Crippen molar-refractivity contribution in [1.82, 2.24) is 10.2 Å². The quantitative estimate of drug-likeness (QED) is 0.653. The molecule has 1 aromatic heterocycles. The van der Waals surface area contributed by atoms with E-state index in [0.29, 0.717) is 0 Å². The Labute approximate surface area is 59.8 Å². The first kappa shape index (κ1) is 8.06. The van der Waals surface area contributed by atoms with Crippen molar-refractivity contribution in [2.45, 2.75) is 12.3 Å². The zero-order chi connectivity index (χ0) is 8.48. The van der Waals surface area contributed by atoms with Gasteiger partial charge in [0, 0.05) is 6.20 Å². The number of hydrogen-bond acceptors (Lipinski definition) is 2. The Balaban J connectivity index is 2.78. The van der Waals surface area contributed by atoms with Crippen LogP contribution < -0.4 is 0 Å². The fraction of sp³-hybridized carbons (Fsp3) is 0.400. The number of halogens is 3. The molecule has 0 aromatic carbocycles. The van der Waals surface area contributed by atoms with Gasteiger partial charge >= 0.3 is 6.18 Å². The van der Waals surface area contributed by atoms with E-state index in [9.17, 15) is 13.2 Å². The second kappa shape index (κ2) is 2.54. The maximum atomic E-state index is 11.7. The molecule has 1 atom stereocenters. The first-order valence-corrected chi connectivity index (χ1v) is 2.76. The number of nitrogens with zero attached hydrogens (tertiary/aromatic N) is 1. The van der Waals surface area contributed by atoms with E-state index in [1.807, 2.05) is 5.10 Å². The van der Waals surface area contributed by atoms with Gasteiger partial charge in [-0.3, -0.25) is 5.10 Å². The van der Waals surface area contributed by atoms with Gasteiger partial charge in [0.2, 0.25) is 0 Å². The van der Waals surface area contributed by atoms with Crippen molar-refractivity contribution >= 4 is 0 Å². The number of aromatic nitrogens is 2. The van der Waals surface area contributed by atoms with Gasteiger partial charge in [-0.2, -0.15) is 18.3 Å². The lowest BCUT2D eigenvalue weighted by Crippen LogP contribution is -2.20. The second-order valence-electron chi connectivity index (χ2n) is 1.96. The van der Waals surface area contributed by atoms with E-state index < -0.39 is 12.3 Å². The predicted octanol–water partition coefficient (Wildman–Crippen LogP) is 1.01. The Morgan fingerprint density at radius 2 is 2.18 bits per heavy atom. The summed E-state index contributed by atoms with van der Waals surface area (Å²) < 4.78 is 35.1. The lowest BCUT2D eigenvalue weighted by molar-refractivity contribution is -0.207. The third-order valence-corrected chi connectivity index (χ3v) is 1.13. The summed E-state index contributed by atoms with van der Waals surface area (Å²) >= 11 is 0. The Morgan fingerprint density at radius 1 is 1.55 bits per heavy atom. The number of aliphatic hydroxyl groups excluding tert-OH is 1. The van der Waals surface area contributed by atoms with Crippen LogP contribution in [0, 0.1) is 0 Å². The summed E-state index contributed by atoms with van der Waals surface area (Å²) in [5.41, 5.74) is -0.350. The highest BCUT2D eigenvalue weighted by molar-refractivity contribution is 5.03. The molecule has 0 saturated heterocycles. The molecule has 1 aromatic rings. The van der Waals surface area contributed by atoms with Crippen LogP contribution in [0.2, 0.25) is 0 Å². The molecule has 0 amide bonds. The van der Waals surface area contributed by atoms with Crippen molar-refractivity contribution in [3.05, 3.63) is 18.0 Å². The molecule has 0 radical (unpaired) electrons. The first-order chi connectivity index (χ1) is 5.02. The van der Waals surface area contributed by atoms with Gasteiger partial charge in [-0.05, 0) is 6.07 Å². The molecule has 2 N–H and O–H groups in total. The molecular weight excluding hydrogens is 161 g/mol. The van der Waals surface area contributed by atoms with E-state index in [2.05, 4.69) is 5.10 Å². The van der Waals surface area contributed by atoms with Crippen molar-refractivity contribution in [3.8, 4) is 0 Å². The molecule has 0 aliphatic carbocycles. The number of aromatic amines is 1. The zero-order valence-electron chi connectivity index (χ0n) is 5.26. The Morgan fingerprint density at radius 3 is 2.55 bits per heavy atom. The molecule has 0 spiro atoms. The molecule has 1 rings (SSSR count). The smallest absolute Gasteiger partial charge is 0.378 e. The molecule has 6 heteroatoms. The first-order valence-electron chi connectivity index (χ1n) is 2.76. The van der Waals surface area contributed by atoms with Gasteiger partial charge in [-0.1, -0.05) is 0 Å². The molecule has 62 valence electrons.